The second-order valence-corrected chi connectivity index (χ2v) is 9.77. The van der Waals surface area contributed by atoms with Crippen LogP contribution in [0.3, 0.4) is 0 Å². The average Bonchev–Trinajstić information content (AvgIpc) is 3.30. The molecule has 4 aromatic carbocycles. The Balaban J connectivity index is 1.65. The second-order valence-electron chi connectivity index (χ2n) is 9.77. The summed E-state index contributed by atoms with van der Waals surface area (Å²) >= 11 is 0. The van der Waals surface area contributed by atoms with Gasteiger partial charge < -0.3 is 14.2 Å². The molecule has 1 aliphatic rings. The SMILES string of the molecule is CCOC(=O)C1=C(C)OC(c2ccc(-c3ccccc3)cc2)(c2ccc(-c3ccccc3)cc2)C1COC(C)=O. The molecule has 202 valence electrons. The van der Waals surface area contributed by atoms with E-state index in [9.17, 15) is 9.59 Å². The van der Waals surface area contributed by atoms with Gasteiger partial charge in [0.2, 0.25) is 0 Å². The fraction of sp³-hybridized carbons (Fsp3) is 0.200. The van der Waals surface area contributed by atoms with E-state index in [1.165, 1.54) is 6.92 Å². The van der Waals surface area contributed by atoms with Crippen molar-refractivity contribution in [1.82, 2.24) is 0 Å². The molecule has 5 heteroatoms. The standard InChI is InChI=1S/C35H32O5/c1-4-38-34(37)33-24(2)40-35(32(33)23-39-25(3)36,30-19-15-28(16-20-30)26-11-7-5-8-12-26)31-21-17-29(18-22-31)27-13-9-6-10-14-27/h5-22,32H,4,23H2,1-3H3. The molecule has 4 aromatic rings. The third-order valence-corrected chi connectivity index (χ3v) is 7.32. The normalized spacial score (nSPS) is 15.8. The molecule has 0 spiro atoms. The van der Waals surface area contributed by atoms with E-state index in [1.807, 2.05) is 60.7 Å². The average molecular weight is 533 g/mol. The lowest BCUT2D eigenvalue weighted by Crippen LogP contribution is -2.39. The Morgan fingerprint density at radius 2 is 1.15 bits per heavy atom. The Bertz CT molecular complexity index is 1420. The number of hydrogen-bond donors (Lipinski definition) is 0. The van der Waals surface area contributed by atoms with Crippen LogP contribution in [0.1, 0.15) is 31.9 Å². The number of rotatable bonds is 8. The van der Waals surface area contributed by atoms with E-state index < -0.39 is 23.5 Å². The first-order chi connectivity index (χ1) is 19.4. The summed E-state index contributed by atoms with van der Waals surface area (Å²) in [6.07, 6.45) is 0. The maximum atomic E-state index is 13.2. The summed E-state index contributed by atoms with van der Waals surface area (Å²) in [6.45, 7) is 5.08. The Morgan fingerprint density at radius 3 is 1.57 bits per heavy atom. The monoisotopic (exact) mass is 532 g/mol. The van der Waals surface area contributed by atoms with Crippen LogP contribution in [-0.4, -0.2) is 25.2 Å². The number of benzene rings is 4. The van der Waals surface area contributed by atoms with Crippen LogP contribution < -0.4 is 0 Å². The zero-order chi connectivity index (χ0) is 28.1. The van der Waals surface area contributed by atoms with Gasteiger partial charge in [-0.25, -0.2) is 4.79 Å². The van der Waals surface area contributed by atoms with Crippen LogP contribution >= 0.6 is 0 Å². The van der Waals surface area contributed by atoms with Gasteiger partial charge in [-0.05, 0) is 36.1 Å². The van der Waals surface area contributed by atoms with Crippen LogP contribution in [0.15, 0.2) is 121 Å². The summed E-state index contributed by atoms with van der Waals surface area (Å²) in [5.74, 6) is -1.07. The molecular formula is C35H32O5. The van der Waals surface area contributed by atoms with E-state index in [1.54, 1.807) is 13.8 Å². The molecule has 1 atom stereocenters. The molecule has 0 bridgehead atoms. The minimum Gasteiger partial charge on any atom is -0.481 e. The molecule has 0 aromatic heterocycles. The Kier molecular flexibility index (Phi) is 7.83. The maximum absolute atomic E-state index is 13.2. The Labute approximate surface area is 235 Å². The van der Waals surface area contributed by atoms with Crippen molar-refractivity contribution in [2.75, 3.05) is 13.2 Å². The summed E-state index contributed by atoms with van der Waals surface area (Å²) in [5.41, 5.74) is 5.26. The van der Waals surface area contributed by atoms with Crippen LogP contribution in [0.2, 0.25) is 0 Å². The second kappa shape index (κ2) is 11.6. The molecule has 1 unspecified atom stereocenters. The first-order valence-corrected chi connectivity index (χ1v) is 13.5. The highest BCUT2D eigenvalue weighted by molar-refractivity contribution is 5.91. The highest BCUT2D eigenvalue weighted by atomic mass is 16.6. The van der Waals surface area contributed by atoms with Gasteiger partial charge in [-0.15, -0.1) is 0 Å². The van der Waals surface area contributed by atoms with E-state index in [0.717, 1.165) is 33.4 Å². The van der Waals surface area contributed by atoms with Crippen LogP contribution in [-0.2, 0) is 29.4 Å². The predicted octanol–water partition coefficient (Wildman–Crippen LogP) is 7.31. The molecule has 1 aliphatic heterocycles. The molecule has 0 radical (unpaired) electrons. The zero-order valence-electron chi connectivity index (χ0n) is 22.9. The first-order valence-electron chi connectivity index (χ1n) is 13.5. The fourth-order valence-electron chi connectivity index (χ4n) is 5.48. The molecule has 0 N–H and O–H groups in total. The molecule has 1 heterocycles. The predicted molar refractivity (Wildman–Crippen MR) is 155 cm³/mol. The Morgan fingerprint density at radius 1 is 0.700 bits per heavy atom. The van der Waals surface area contributed by atoms with Crippen molar-refractivity contribution >= 4 is 11.9 Å². The van der Waals surface area contributed by atoms with Crippen LogP contribution in [0.25, 0.3) is 22.3 Å². The largest absolute Gasteiger partial charge is 0.481 e. The van der Waals surface area contributed by atoms with Crippen molar-refractivity contribution in [2.24, 2.45) is 5.92 Å². The molecule has 0 saturated heterocycles. The van der Waals surface area contributed by atoms with Gasteiger partial charge in [0, 0.05) is 18.1 Å². The molecular weight excluding hydrogens is 500 g/mol. The van der Waals surface area contributed by atoms with Gasteiger partial charge >= 0.3 is 11.9 Å². The number of carbonyl (C=O) groups excluding carboxylic acids is 2. The van der Waals surface area contributed by atoms with Crippen molar-refractivity contribution in [2.45, 2.75) is 26.4 Å². The molecule has 0 amide bonds. The maximum Gasteiger partial charge on any atom is 0.338 e. The zero-order valence-corrected chi connectivity index (χ0v) is 22.9. The summed E-state index contributed by atoms with van der Waals surface area (Å²) in [7, 11) is 0. The van der Waals surface area contributed by atoms with Gasteiger partial charge in [-0.3, -0.25) is 4.79 Å². The molecule has 40 heavy (non-hydrogen) atoms. The lowest BCUT2D eigenvalue weighted by atomic mass is 9.73. The third-order valence-electron chi connectivity index (χ3n) is 7.32. The van der Waals surface area contributed by atoms with Gasteiger partial charge in [0.25, 0.3) is 0 Å². The smallest absolute Gasteiger partial charge is 0.338 e. The number of esters is 2. The number of allylic oxidation sites excluding steroid dienone is 1. The number of carbonyl (C=O) groups is 2. The number of ether oxygens (including phenoxy) is 3. The van der Waals surface area contributed by atoms with E-state index in [-0.39, 0.29) is 13.2 Å². The molecule has 0 saturated carbocycles. The van der Waals surface area contributed by atoms with E-state index in [4.69, 9.17) is 14.2 Å². The Hall–Kier alpha value is -4.64. The van der Waals surface area contributed by atoms with Gasteiger partial charge in [0.1, 0.15) is 12.4 Å². The lowest BCUT2D eigenvalue weighted by Gasteiger charge is -2.36. The van der Waals surface area contributed by atoms with E-state index in [2.05, 4.69) is 48.5 Å². The first kappa shape index (κ1) is 26.9. The quantitative estimate of drug-likeness (QED) is 0.223. The fourth-order valence-corrected chi connectivity index (χ4v) is 5.48. The van der Waals surface area contributed by atoms with Crippen LogP contribution in [0, 0.1) is 5.92 Å². The van der Waals surface area contributed by atoms with Crippen molar-refractivity contribution in [1.29, 1.82) is 0 Å². The van der Waals surface area contributed by atoms with Crippen LogP contribution in [0.5, 0.6) is 0 Å². The molecule has 5 nitrogen and oxygen atoms in total. The van der Waals surface area contributed by atoms with Crippen molar-refractivity contribution in [3.05, 3.63) is 132 Å². The molecule has 0 aliphatic carbocycles. The summed E-state index contributed by atoms with van der Waals surface area (Å²) in [5, 5.41) is 0. The highest BCUT2D eigenvalue weighted by Crippen LogP contribution is 2.52. The minimum atomic E-state index is -1.12. The van der Waals surface area contributed by atoms with Crippen molar-refractivity contribution in [3.63, 3.8) is 0 Å². The minimum absolute atomic E-state index is 0.0400. The summed E-state index contributed by atoms with van der Waals surface area (Å²) in [4.78, 5) is 25.2. The van der Waals surface area contributed by atoms with Gasteiger partial charge in [-0.2, -0.15) is 0 Å². The van der Waals surface area contributed by atoms with Crippen molar-refractivity contribution in [3.8, 4) is 22.3 Å². The van der Waals surface area contributed by atoms with E-state index >= 15 is 0 Å². The van der Waals surface area contributed by atoms with Crippen molar-refractivity contribution < 1.29 is 23.8 Å². The highest BCUT2D eigenvalue weighted by Gasteiger charge is 2.54. The van der Waals surface area contributed by atoms with E-state index in [0.29, 0.717) is 11.3 Å². The topological polar surface area (TPSA) is 61.8 Å². The third kappa shape index (κ3) is 5.15. The molecule has 0 fully saturated rings. The lowest BCUT2D eigenvalue weighted by molar-refractivity contribution is -0.146. The summed E-state index contributed by atoms with van der Waals surface area (Å²) < 4.78 is 17.7. The number of hydrogen-bond acceptors (Lipinski definition) is 5. The van der Waals surface area contributed by atoms with Gasteiger partial charge in [0.05, 0.1) is 18.1 Å². The summed E-state index contributed by atoms with van der Waals surface area (Å²) in [6, 6.07) is 36.6. The molecule has 5 rings (SSSR count). The van der Waals surface area contributed by atoms with Crippen LogP contribution in [0.4, 0.5) is 0 Å². The van der Waals surface area contributed by atoms with Gasteiger partial charge in [0.15, 0.2) is 5.60 Å². The van der Waals surface area contributed by atoms with Gasteiger partial charge in [-0.1, -0.05) is 109 Å².